The zero-order chi connectivity index (χ0) is 13.9. The van der Waals surface area contributed by atoms with Gasteiger partial charge in [-0.25, -0.2) is 14.8 Å². The number of carbonyl (C=O) groups is 1. The maximum Gasteiger partial charge on any atom is 0.335 e. The van der Waals surface area contributed by atoms with Crippen molar-refractivity contribution in [2.75, 3.05) is 5.32 Å². The van der Waals surface area contributed by atoms with Crippen LogP contribution in [0.3, 0.4) is 0 Å². The molecule has 5 nitrogen and oxygen atoms in total. The number of thiophene rings is 1. The van der Waals surface area contributed by atoms with E-state index in [2.05, 4.69) is 20.7 Å². The molecule has 1 aromatic carbocycles. The Bertz CT molecular complexity index is 756. The molecule has 0 aliphatic heterocycles. The van der Waals surface area contributed by atoms with Crippen molar-refractivity contribution in [2.45, 2.75) is 6.54 Å². The third-order valence-electron chi connectivity index (χ3n) is 2.92. The van der Waals surface area contributed by atoms with E-state index in [4.69, 9.17) is 5.11 Å². The number of rotatable bonds is 4. The van der Waals surface area contributed by atoms with Crippen LogP contribution >= 0.6 is 11.3 Å². The SMILES string of the molecule is O=C(O)c1ccc2c(NCc3ccsc3)ncnc2c1. The molecule has 0 radical (unpaired) electrons. The van der Waals surface area contributed by atoms with Gasteiger partial charge < -0.3 is 10.4 Å². The Morgan fingerprint density at radius 1 is 1.30 bits per heavy atom. The van der Waals surface area contributed by atoms with Crippen molar-refractivity contribution in [3.8, 4) is 0 Å². The topological polar surface area (TPSA) is 75.1 Å². The van der Waals surface area contributed by atoms with Crippen molar-refractivity contribution in [2.24, 2.45) is 0 Å². The van der Waals surface area contributed by atoms with Gasteiger partial charge in [-0.1, -0.05) is 0 Å². The first kappa shape index (κ1) is 12.6. The number of anilines is 1. The highest BCUT2D eigenvalue weighted by molar-refractivity contribution is 7.07. The number of aromatic nitrogens is 2. The van der Waals surface area contributed by atoms with Crippen molar-refractivity contribution in [3.05, 3.63) is 52.5 Å². The van der Waals surface area contributed by atoms with E-state index in [0.717, 1.165) is 5.39 Å². The molecule has 0 aliphatic carbocycles. The molecule has 20 heavy (non-hydrogen) atoms. The fourth-order valence-corrected chi connectivity index (χ4v) is 2.58. The number of carboxylic acid groups (broad SMARTS) is 1. The highest BCUT2D eigenvalue weighted by atomic mass is 32.1. The average Bonchev–Trinajstić information content (AvgIpc) is 2.97. The lowest BCUT2D eigenvalue weighted by Gasteiger charge is -2.07. The molecular weight excluding hydrogens is 274 g/mol. The number of hydrogen-bond donors (Lipinski definition) is 2. The van der Waals surface area contributed by atoms with E-state index in [1.807, 2.05) is 11.4 Å². The van der Waals surface area contributed by atoms with E-state index < -0.39 is 5.97 Å². The summed E-state index contributed by atoms with van der Waals surface area (Å²) in [6, 6.07) is 6.89. The standard InChI is InChI=1S/C14H11N3O2S/c18-14(19)10-1-2-11-12(5-10)16-8-17-13(11)15-6-9-3-4-20-7-9/h1-5,7-8H,6H2,(H,18,19)(H,15,16,17). The lowest BCUT2D eigenvalue weighted by Crippen LogP contribution is -2.02. The van der Waals surface area contributed by atoms with Gasteiger partial charge in [0.2, 0.25) is 0 Å². The van der Waals surface area contributed by atoms with E-state index in [9.17, 15) is 4.79 Å². The Morgan fingerprint density at radius 3 is 2.95 bits per heavy atom. The van der Waals surface area contributed by atoms with Crippen LogP contribution in [0.25, 0.3) is 10.9 Å². The number of carboxylic acids is 1. The molecule has 0 aliphatic rings. The maximum absolute atomic E-state index is 11.0. The Kier molecular flexibility index (Phi) is 3.30. The van der Waals surface area contributed by atoms with Crippen LogP contribution in [0.15, 0.2) is 41.4 Å². The van der Waals surface area contributed by atoms with Crippen molar-refractivity contribution >= 4 is 34.0 Å². The highest BCUT2D eigenvalue weighted by Crippen LogP contribution is 2.21. The van der Waals surface area contributed by atoms with Gasteiger partial charge in [0.05, 0.1) is 11.1 Å². The molecular formula is C14H11N3O2S. The summed E-state index contributed by atoms with van der Waals surface area (Å²) >= 11 is 1.65. The molecule has 0 fully saturated rings. The second kappa shape index (κ2) is 5.26. The first-order valence-corrected chi connectivity index (χ1v) is 6.91. The Hall–Kier alpha value is -2.47. The predicted octanol–water partition coefficient (Wildman–Crippen LogP) is 3.00. The number of benzene rings is 1. The third kappa shape index (κ3) is 2.46. The van der Waals surface area contributed by atoms with Crippen LogP contribution in [0, 0.1) is 0 Å². The molecule has 0 spiro atoms. The minimum atomic E-state index is -0.960. The predicted molar refractivity (Wildman–Crippen MR) is 78.1 cm³/mol. The second-order valence-electron chi connectivity index (χ2n) is 4.24. The number of hydrogen-bond acceptors (Lipinski definition) is 5. The van der Waals surface area contributed by atoms with Crippen molar-refractivity contribution in [1.29, 1.82) is 0 Å². The van der Waals surface area contributed by atoms with Gasteiger partial charge in [-0.2, -0.15) is 11.3 Å². The molecule has 6 heteroatoms. The molecule has 0 saturated heterocycles. The number of aromatic carboxylic acids is 1. The zero-order valence-corrected chi connectivity index (χ0v) is 11.2. The summed E-state index contributed by atoms with van der Waals surface area (Å²) < 4.78 is 0. The Labute approximate surface area is 118 Å². The van der Waals surface area contributed by atoms with Gasteiger partial charge in [-0.3, -0.25) is 0 Å². The van der Waals surface area contributed by atoms with Crippen LogP contribution in [-0.2, 0) is 6.54 Å². The summed E-state index contributed by atoms with van der Waals surface area (Å²) in [5.74, 6) is -0.253. The molecule has 3 rings (SSSR count). The van der Waals surface area contributed by atoms with E-state index in [0.29, 0.717) is 17.9 Å². The number of fused-ring (bicyclic) bond motifs is 1. The van der Waals surface area contributed by atoms with E-state index in [-0.39, 0.29) is 5.56 Å². The normalized spacial score (nSPS) is 10.6. The zero-order valence-electron chi connectivity index (χ0n) is 10.4. The molecule has 3 aromatic rings. The van der Waals surface area contributed by atoms with Gasteiger partial charge in [0.1, 0.15) is 12.1 Å². The van der Waals surface area contributed by atoms with E-state index in [1.165, 1.54) is 11.9 Å². The van der Waals surface area contributed by atoms with Gasteiger partial charge in [-0.05, 0) is 40.6 Å². The van der Waals surface area contributed by atoms with Crippen LogP contribution in [0.1, 0.15) is 15.9 Å². The molecule has 100 valence electrons. The molecule has 2 N–H and O–H groups in total. The van der Waals surface area contributed by atoms with Gasteiger partial charge in [0.25, 0.3) is 0 Å². The van der Waals surface area contributed by atoms with Crippen LogP contribution in [0.4, 0.5) is 5.82 Å². The molecule has 2 heterocycles. The quantitative estimate of drug-likeness (QED) is 0.770. The monoisotopic (exact) mass is 285 g/mol. The highest BCUT2D eigenvalue weighted by Gasteiger charge is 2.08. The Balaban J connectivity index is 1.93. The molecule has 0 bridgehead atoms. The minimum absolute atomic E-state index is 0.222. The molecule has 0 unspecified atom stereocenters. The van der Waals surface area contributed by atoms with Crippen molar-refractivity contribution < 1.29 is 9.90 Å². The minimum Gasteiger partial charge on any atom is -0.478 e. The van der Waals surface area contributed by atoms with Gasteiger partial charge in [-0.15, -0.1) is 0 Å². The largest absolute Gasteiger partial charge is 0.478 e. The summed E-state index contributed by atoms with van der Waals surface area (Å²) in [6.45, 7) is 0.677. The van der Waals surface area contributed by atoms with E-state index in [1.54, 1.807) is 29.5 Å². The van der Waals surface area contributed by atoms with Crippen molar-refractivity contribution in [1.82, 2.24) is 9.97 Å². The molecule has 0 saturated carbocycles. The lowest BCUT2D eigenvalue weighted by molar-refractivity contribution is 0.0697. The van der Waals surface area contributed by atoms with Gasteiger partial charge >= 0.3 is 5.97 Å². The maximum atomic E-state index is 11.0. The average molecular weight is 285 g/mol. The summed E-state index contributed by atoms with van der Waals surface area (Å²) in [5.41, 5.74) is 2.02. The number of nitrogens with zero attached hydrogens (tertiary/aromatic N) is 2. The summed E-state index contributed by atoms with van der Waals surface area (Å²) in [4.78, 5) is 19.3. The first-order chi connectivity index (χ1) is 9.74. The first-order valence-electron chi connectivity index (χ1n) is 5.97. The summed E-state index contributed by atoms with van der Waals surface area (Å²) in [5, 5.41) is 17.1. The fraction of sp³-hybridized carbons (Fsp3) is 0.0714. The summed E-state index contributed by atoms with van der Waals surface area (Å²) in [6.07, 6.45) is 1.43. The molecule has 2 aromatic heterocycles. The fourth-order valence-electron chi connectivity index (χ4n) is 1.91. The summed E-state index contributed by atoms with van der Waals surface area (Å²) in [7, 11) is 0. The third-order valence-corrected chi connectivity index (χ3v) is 3.66. The van der Waals surface area contributed by atoms with Crippen LogP contribution < -0.4 is 5.32 Å². The van der Waals surface area contributed by atoms with Crippen LogP contribution in [0.2, 0.25) is 0 Å². The molecule has 0 amide bonds. The number of nitrogens with one attached hydrogen (secondary N) is 1. The lowest BCUT2D eigenvalue weighted by atomic mass is 10.1. The van der Waals surface area contributed by atoms with E-state index >= 15 is 0 Å². The van der Waals surface area contributed by atoms with Gasteiger partial charge in [0.15, 0.2) is 0 Å². The molecule has 0 atom stereocenters. The van der Waals surface area contributed by atoms with Crippen LogP contribution in [0.5, 0.6) is 0 Å². The second-order valence-corrected chi connectivity index (χ2v) is 5.02. The van der Waals surface area contributed by atoms with Crippen LogP contribution in [-0.4, -0.2) is 21.0 Å². The smallest absolute Gasteiger partial charge is 0.335 e. The van der Waals surface area contributed by atoms with Gasteiger partial charge in [0, 0.05) is 11.9 Å². The van der Waals surface area contributed by atoms with Crippen molar-refractivity contribution in [3.63, 3.8) is 0 Å². The Morgan fingerprint density at radius 2 is 2.20 bits per heavy atom.